The summed E-state index contributed by atoms with van der Waals surface area (Å²) in [6, 6.07) is 5.30. The van der Waals surface area contributed by atoms with E-state index in [1.54, 1.807) is 19.2 Å². The van der Waals surface area contributed by atoms with Crippen LogP contribution in [0.25, 0.3) is 0 Å². The zero-order valence-corrected chi connectivity index (χ0v) is 18.4. The second kappa shape index (κ2) is 11.3. The number of benzene rings is 1. The maximum absolute atomic E-state index is 11.0. The molecular formula is C14H23Cl2IN4O2S. The number of sulfonamides is 1. The first-order valence-electron chi connectivity index (χ1n) is 7.09. The van der Waals surface area contributed by atoms with E-state index in [1.165, 1.54) is 0 Å². The third-order valence-electron chi connectivity index (χ3n) is 3.02. The van der Waals surface area contributed by atoms with E-state index in [2.05, 4.69) is 20.3 Å². The lowest BCUT2D eigenvalue weighted by Crippen LogP contribution is -2.40. The number of nitrogens with one attached hydrogen (secondary N) is 3. The van der Waals surface area contributed by atoms with Crippen LogP contribution in [0.15, 0.2) is 23.2 Å². The molecule has 0 aliphatic carbocycles. The number of rotatable bonds is 7. The van der Waals surface area contributed by atoms with E-state index in [4.69, 9.17) is 23.2 Å². The fraction of sp³-hybridized carbons (Fsp3) is 0.500. The molecule has 0 heterocycles. The Hall–Kier alpha value is -0.290. The first kappa shape index (κ1) is 23.7. The van der Waals surface area contributed by atoms with Crippen molar-refractivity contribution in [2.45, 2.75) is 19.4 Å². The zero-order valence-electron chi connectivity index (χ0n) is 13.8. The fourth-order valence-corrected chi connectivity index (χ4v) is 2.97. The highest BCUT2D eigenvalue weighted by Crippen LogP contribution is 2.25. The maximum atomic E-state index is 11.0. The standard InChI is InChI=1S/C14H22Cl2N4O2S.HI/c1-10(12-6-5-11(15)9-13(12)16)20-14(17-2)18-7-4-8-19-23(3,21)22;/h5-6,9-10,19H,4,7-8H2,1-3H3,(H2,17,18,20);1H. The van der Waals surface area contributed by atoms with Gasteiger partial charge in [0.05, 0.1) is 12.3 Å². The molecule has 0 amide bonds. The summed E-state index contributed by atoms with van der Waals surface area (Å²) in [5, 5.41) is 7.52. The number of halogens is 3. The van der Waals surface area contributed by atoms with Crippen LogP contribution in [0.5, 0.6) is 0 Å². The number of guanidine groups is 1. The van der Waals surface area contributed by atoms with Crippen molar-refractivity contribution in [1.29, 1.82) is 0 Å². The summed E-state index contributed by atoms with van der Waals surface area (Å²) in [7, 11) is -1.48. The van der Waals surface area contributed by atoms with Crippen LogP contribution in [-0.2, 0) is 10.0 Å². The largest absolute Gasteiger partial charge is 0.356 e. The van der Waals surface area contributed by atoms with Crippen LogP contribution >= 0.6 is 47.2 Å². The number of nitrogens with zero attached hydrogens (tertiary/aromatic N) is 1. The molecule has 0 bridgehead atoms. The Morgan fingerprint density at radius 2 is 1.96 bits per heavy atom. The average Bonchev–Trinajstić information content (AvgIpc) is 2.44. The van der Waals surface area contributed by atoms with Gasteiger partial charge in [-0.3, -0.25) is 4.99 Å². The van der Waals surface area contributed by atoms with Crippen molar-refractivity contribution in [3.05, 3.63) is 33.8 Å². The Morgan fingerprint density at radius 3 is 2.50 bits per heavy atom. The van der Waals surface area contributed by atoms with Gasteiger partial charge in [0.1, 0.15) is 0 Å². The van der Waals surface area contributed by atoms with Crippen LogP contribution in [0.4, 0.5) is 0 Å². The Balaban J connectivity index is 0.00000529. The first-order valence-corrected chi connectivity index (χ1v) is 9.74. The van der Waals surface area contributed by atoms with Gasteiger partial charge in [-0.1, -0.05) is 29.3 Å². The van der Waals surface area contributed by atoms with Gasteiger partial charge in [0, 0.05) is 30.2 Å². The van der Waals surface area contributed by atoms with Crippen molar-refractivity contribution in [3.8, 4) is 0 Å². The minimum absolute atomic E-state index is 0. The van der Waals surface area contributed by atoms with Gasteiger partial charge in [-0.05, 0) is 31.0 Å². The monoisotopic (exact) mass is 508 g/mol. The molecule has 0 aliphatic rings. The summed E-state index contributed by atoms with van der Waals surface area (Å²) in [5.41, 5.74) is 0.915. The predicted octanol–water partition coefficient (Wildman–Crippen LogP) is 2.78. The highest BCUT2D eigenvalue weighted by molar-refractivity contribution is 14.0. The van der Waals surface area contributed by atoms with E-state index in [0.717, 1.165) is 11.8 Å². The van der Waals surface area contributed by atoms with Crippen LogP contribution < -0.4 is 15.4 Å². The first-order chi connectivity index (χ1) is 10.7. The lowest BCUT2D eigenvalue weighted by Gasteiger charge is -2.19. The molecule has 1 atom stereocenters. The SMILES string of the molecule is CN=C(NCCCNS(C)(=O)=O)NC(C)c1ccc(Cl)cc1Cl.I. The molecule has 0 aromatic heterocycles. The van der Waals surface area contributed by atoms with Crippen molar-refractivity contribution in [2.24, 2.45) is 4.99 Å². The Kier molecular flexibility index (Phi) is 11.2. The van der Waals surface area contributed by atoms with E-state index in [-0.39, 0.29) is 30.0 Å². The molecule has 0 saturated heterocycles. The molecule has 1 aromatic rings. The lowest BCUT2D eigenvalue weighted by molar-refractivity contribution is 0.584. The van der Waals surface area contributed by atoms with Gasteiger partial charge in [0.25, 0.3) is 0 Å². The normalized spacial score (nSPS) is 13.1. The second-order valence-electron chi connectivity index (χ2n) is 5.05. The molecule has 0 aliphatic heterocycles. The van der Waals surface area contributed by atoms with Gasteiger partial charge < -0.3 is 10.6 Å². The average molecular weight is 509 g/mol. The highest BCUT2D eigenvalue weighted by atomic mass is 127. The third kappa shape index (κ3) is 9.26. The van der Waals surface area contributed by atoms with Crippen molar-refractivity contribution >= 4 is 63.2 Å². The molecular weight excluding hydrogens is 486 g/mol. The Morgan fingerprint density at radius 1 is 1.29 bits per heavy atom. The minimum atomic E-state index is -3.14. The summed E-state index contributed by atoms with van der Waals surface area (Å²) in [4.78, 5) is 4.13. The van der Waals surface area contributed by atoms with Crippen molar-refractivity contribution in [3.63, 3.8) is 0 Å². The van der Waals surface area contributed by atoms with E-state index >= 15 is 0 Å². The summed E-state index contributed by atoms with van der Waals surface area (Å²) in [5.74, 6) is 0.614. The molecule has 3 N–H and O–H groups in total. The van der Waals surface area contributed by atoms with Gasteiger partial charge in [-0.2, -0.15) is 0 Å². The molecule has 1 aromatic carbocycles. The summed E-state index contributed by atoms with van der Waals surface area (Å²) in [6.07, 6.45) is 1.78. The molecule has 1 unspecified atom stereocenters. The lowest BCUT2D eigenvalue weighted by atomic mass is 10.1. The summed E-state index contributed by atoms with van der Waals surface area (Å²) < 4.78 is 24.3. The van der Waals surface area contributed by atoms with E-state index < -0.39 is 10.0 Å². The quantitative estimate of drug-likeness (QED) is 0.229. The molecule has 10 heteroatoms. The summed E-state index contributed by atoms with van der Waals surface area (Å²) in [6.45, 7) is 2.93. The number of hydrogen-bond acceptors (Lipinski definition) is 3. The molecule has 6 nitrogen and oxygen atoms in total. The molecule has 0 fully saturated rings. The fourth-order valence-electron chi connectivity index (χ4n) is 1.88. The van der Waals surface area contributed by atoms with Crippen molar-refractivity contribution in [2.75, 3.05) is 26.4 Å². The number of hydrogen-bond donors (Lipinski definition) is 3. The van der Waals surface area contributed by atoms with Crippen LogP contribution in [0, 0.1) is 0 Å². The number of aliphatic imine (C=N–C) groups is 1. The maximum Gasteiger partial charge on any atom is 0.208 e. The van der Waals surface area contributed by atoms with Gasteiger partial charge in [0.15, 0.2) is 5.96 Å². The zero-order chi connectivity index (χ0) is 17.5. The van der Waals surface area contributed by atoms with E-state index in [0.29, 0.717) is 35.5 Å². The predicted molar refractivity (Wildman–Crippen MR) is 112 cm³/mol. The third-order valence-corrected chi connectivity index (χ3v) is 4.31. The van der Waals surface area contributed by atoms with Gasteiger partial charge in [-0.25, -0.2) is 13.1 Å². The van der Waals surface area contributed by atoms with Crippen LogP contribution in [-0.4, -0.2) is 40.8 Å². The van der Waals surface area contributed by atoms with Crippen LogP contribution in [0.2, 0.25) is 10.0 Å². The topological polar surface area (TPSA) is 82.6 Å². The molecule has 0 saturated carbocycles. The Bertz CT molecular complexity index is 656. The Labute approximate surface area is 170 Å². The smallest absolute Gasteiger partial charge is 0.208 e. The van der Waals surface area contributed by atoms with Gasteiger partial charge in [-0.15, -0.1) is 24.0 Å². The molecule has 1 rings (SSSR count). The van der Waals surface area contributed by atoms with Gasteiger partial charge >= 0.3 is 0 Å². The summed E-state index contributed by atoms with van der Waals surface area (Å²) >= 11 is 12.1. The van der Waals surface area contributed by atoms with Crippen LogP contribution in [0.1, 0.15) is 24.9 Å². The molecule has 0 radical (unpaired) electrons. The second-order valence-corrected chi connectivity index (χ2v) is 7.73. The molecule has 138 valence electrons. The molecule has 24 heavy (non-hydrogen) atoms. The van der Waals surface area contributed by atoms with Crippen LogP contribution in [0.3, 0.4) is 0 Å². The minimum Gasteiger partial charge on any atom is -0.356 e. The molecule has 0 spiro atoms. The van der Waals surface area contributed by atoms with E-state index in [9.17, 15) is 8.42 Å². The van der Waals surface area contributed by atoms with E-state index in [1.807, 2.05) is 13.0 Å². The highest BCUT2D eigenvalue weighted by Gasteiger charge is 2.11. The van der Waals surface area contributed by atoms with Crippen molar-refractivity contribution < 1.29 is 8.42 Å². The van der Waals surface area contributed by atoms with Crippen molar-refractivity contribution in [1.82, 2.24) is 15.4 Å². The van der Waals surface area contributed by atoms with Gasteiger partial charge in [0.2, 0.25) is 10.0 Å².